The first kappa shape index (κ1) is 19.9. The molecule has 148 valence electrons. The third kappa shape index (κ3) is 4.36. The number of nitro groups is 1. The smallest absolute Gasteiger partial charge is 0.332 e. The molecule has 0 saturated heterocycles. The molecule has 5 N–H and O–H groups in total. The molecule has 1 unspecified atom stereocenters. The number of hydrazone groups is 1. The molecule has 2 aromatic carbocycles. The molecule has 12 heteroatoms. The lowest BCUT2D eigenvalue weighted by Crippen LogP contribution is -2.31. The zero-order valence-corrected chi connectivity index (χ0v) is 15.3. The number of primary amides is 1. The Kier molecular flexibility index (Phi) is 5.52. The summed E-state index contributed by atoms with van der Waals surface area (Å²) in [4.78, 5) is 40.5. The minimum Gasteiger partial charge on any atom is -0.382 e. The Morgan fingerprint density at radius 3 is 2.62 bits per heavy atom. The fraction of sp³-hybridized carbons (Fsp3) is 0.0588. The van der Waals surface area contributed by atoms with Crippen molar-refractivity contribution in [3.8, 4) is 0 Å². The molecule has 2 amide bonds. The SMILES string of the molecule is NC(=O)NN=C(c1nc2ccc([N+](=O)[O-])cc2[nH]c1=O)C(O)c1ccc(Cl)cc1. The van der Waals surface area contributed by atoms with Crippen molar-refractivity contribution in [2.45, 2.75) is 6.10 Å². The summed E-state index contributed by atoms with van der Waals surface area (Å²) in [6.07, 6.45) is -1.46. The average Bonchev–Trinajstić information content (AvgIpc) is 2.68. The number of H-pyrrole nitrogens is 1. The predicted molar refractivity (Wildman–Crippen MR) is 105 cm³/mol. The first-order valence-electron chi connectivity index (χ1n) is 8.01. The summed E-state index contributed by atoms with van der Waals surface area (Å²) in [6, 6.07) is 8.75. The lowest BCUT2D eigenvalue weighted by atomic mass is 10.0. The van der Waals surface area contributed by atoms with E-state index in [0.29, 0.717) is 10.6 Å². The van der Waals surface area contributed by atoms with Crippen molar-refractivity contribution in [1.29, 1.82) is 0 Å². The van der Waals surface area contributed by atoms with Crippen LogP contribution in [0.15, 0.2) is 52.4 Å². The van der Waals surface area contributed by atoms with Crippen LogP contribution in [0.4, 0.5) is 10.5 Å². The fourth-order valence-corrected chi connectivity index (χ4v) is 2.65. The number of nitrogens with zero attached hydrogens (tertiary/aromatic N) is 3. The molecule has 0 radical (unpaired) electrons. The van der Waals surface area contributed by atoms with Gasteiger partial charge in [0.05, 0.1) is 16.0 Å². The number of nitro benzene ring substituents is 1. The Labute approximate surface area is 167 Å². The maximum absolute atomic E-state index is 12.5. The van der Waals surface area contributed by atoms with Gasteiger partial charge >= 0.3 is 6.03 Å². The number of hydrogen-bond acceptors (Lipinski definition) is 7. The van der Waals surface area contributed by atoms with Gasteiger partial charge in [-0.15, -0.1) is 0 Å². The summed E-state index contributed by atoms with van der Waals surface area (Å²) in [5.41, 5.74) is 6.04. The van der Waals surface area contributed by atoms with Crippen molar-refractivity contribution in [3.63, 3.8) is 0 Å². The third-order valence-electron chi connectivity index (χ3n) is 3.86. The number of halogens is 1. The summed E-state index contributed by atoms with van der Waals surface area (Å²) in [6.45, 7) is 0. The topological polar surface area (TPSA) is 177 Å². The molecule has 1 heterocycles. The van der Waals surface area contributed by atoms with Gasteiger partial charge in [0.2, 0.25) is 0 Å². The fourth-order valence-electron chi connectivity index (χ4n) is 2.52. The third-order valence-corrected chi connectivity index (χ3v) is 4.11. The van der Waals surface area contributed by atoms with Crippen LogP contribution >= 0.6 is 11.6 Å². The number of hydrogen-bond donors (Lipinski definition) is 4. The number of carbonyl (C=O) groups is 1. The van der Waals surface area contributed by atoms with E-state index >= 15 is 0 Å². The first-order chi connectivity index (χ1) is 13.8. The Hall–Kier alpha value is -3.83. The van der Waals surface area contributed by atoms with Gasteiger partial charge in [-0.3, -0.25) is 14.9 Å². The molecule has 0 aliphatic carbocycles. The van der Waals surface area contributed by atoms with Crippen LogP contribution in [0.1, 0.15) is 17.4 Å². The van der Waals surface area contributed by atoms with Crippen LogP contribution in [0.25, 0.3) is 11.0 Å². The Morgan fingerprint density at radius 1 is 1.31 bits per heavy atom. The lowest BCUT2D eigenvalue weighted by Gasteiger charge is -2.14. The van der Waals surface area contributed by atoms with E-state index in [-0.39, 0.29) is 28.1 Å². The number of amides is 2. The van der Waals surface area contributed by atoms with Crippen LogP contribution in [0.5, 0.6) is 0 Å². The van der Waals surface area contributed by atoms with Gasteiger partial charge in [-0.05, 0) is 23.8 Å². The van der Waals surface area contributed by atoms with Crippen molar-refractivity contribution in [2.24, 2.45) is 10.8 Å². The number of rotatable bonds is 5. The second-order valence-corrected chi connectivity index (χ2v) is 6.24. The number of aromatic nitrogens is 2. The van der Waals surface area contributed by atoms with Gasteiger partial charge in [0.15, 0.2) is 5.69 Å². The van der Waals surface area contributed by atoms with Gasteiger partial charge in [-0.1, -0.05) is 23.7 Å². The largest absolute Gasteiger partial charge is 0.382 e. The van der Waals surface area contributed by atoms with Crippen LogP contribution in [-0.2, 0) is 0 Å². The zero-order valence-electron chi connectivity index (χ0n) is 14.5. The number of aliphatic hydroxyl groups excluding tert-OH is 1. The van der Waals surface area contributed by atoms with Crippen LogP contribution in [0.3, 0.4) is 0 Å². The Bertz CT molecular complexity index is 1190. The maximum Gasteiger partial charge on any atom is 0.332 e. The minimum absolute atomic E-state index is 0.121. The van der Waals surface area contributed by atoms with Crippen molar-refractivity contribution in [1.82, 2.24) is 15.4 Å². The van der Waals surface area contributed by atoms with E-state index in [1.807, 2.05) is 5.43 Å². The number of nitrogens with one attached hydrogen (secondary N) is 2. The predicted octanol–water partition coefficient (Wildman–Crippen LogP) is 1.59. The van der Waals surface area contributed by atoms with Gasteiger partial charge in [0.25, 0.3) is 11.2 Å². The summed E-state index contributed by atoms with van der Waals surface area (Å²) in [7, 11) is 0. The summed E-state index contributed by atoms with van der Waals surface area (Å²) in [5.74, 6) is 0. The zero-order chi connectivity index (χ0) is 21.1. The summed E-state index contributed by atoms with van der Waals surface area (Å²) < 4.78 is 0. The number of aromatic amines is 1. The molecule has 11 nitrogen and oxygen atoms in total. The highest BCUT2D eigenvalue weighted by molar-refractivity contribution is 6.30. The number of nitrogens with two attached hydrogens (primary N) is 1. The summed E-state index contributed by atoms with van der Waals surface area (Å²) in [5, 5.41) is 25.8. The highest BCUT2D eigenvalue weighted by Crippen LogP contribution is 2.21. The normalized spacial score (nSPS) is 12.6. The first-order valence-corrected chi connectivity index (χ1v) is 8.39. The molecule has 0 fully saturated rings. The lowest BCUT2D eigenvalue weighted by molar-refractivity contribution is -0.384. The van der Waals surface area contributed by atoms with E-state index in [0.717, 1.165) is 6.07 Å². The van der Waals surface area contributed by atoms with Crippen molar-refractivity contribution in [2.75, 3.05) is 0 Å². The second kappa shape index (κ2) is 8.04. The van der Waals surface area contributed by atoms with Crippen LogP contribution in [-0.4, -0.2) is 31.7 Å². The molecule has 3 aromatic rings. The molecule has 0 spiro atoms. The van der Waals surface area contributed by atoms with E-state index in [2.05, 4.69) is 15.1 Å². The highest BCUT2D eigenvalue weighted by Gasteiger charge is 2.23. The molecule has 29 heavy (non-hydrogen) atoms. The van der Waals surface area contributed by atoms with E-state index in [9.17, 15) is 24.8 Å². The van der Waals surface area contributed by atoms with E-state index < -0.39 is 22.6 Å². The van der Waals surface area contributed by atoms with E-state index in [1.165, 1.54) is 36.4 Å². The standard InChI is InChI=1S/C17H13ClN6O5/c18-9-3-1-8(2-4-9)15(25)13(22-23-17(19)27)14-16(26)21-12-7-10(24(28)29)5-6-11(12)20-14/h1-7,15,25H,(H,21,26)(H3,19,23,27). The van der Waals surface area contributed by atoms with E-state index in [4.69, 9.17) is 17.3 Å². The molecular weight excluding hydrogens is 404 g/mol. The maximum atomic E-state index is 12.5. The molecule has 1 atom stereocenters. The number of benzene rings is 2. The second-order valence-electron chi connectivity index (χ2n) is 5.80. The quantitative estimate of drug-likeness (QED) is 0.278. The minimum atomic E-state index is -1.46. The van der Waals surface area contributed by atoms with Gasteiger partial charge < -0.3 is 15.8 Å². The van der Waals surface area contributed by atoms with Crippen LogP contribution in [0, 0.1) is 10.1 Å². The number of aliphatic hydroxyl groups is 1. The molecule has 1 aromatic heterocycles. The van der Waals surface area contributed by atoms with Crippen molar-refractivity contribution in [3.05, 3.63) is 79.2 Å². The Morgan fingerprint density at radius 2 is 2.00 bits per heavy atom. The average molecular weight is 417 g/mol. The molecule has 0 aliphatic rings. The number of carbonyl (C=O) groups excluding carboxylic acids is 1. The molecular formula is C17H13ClN6O5. The van der Waals surface area contributed by atoms with Gasteiger partial charge in [-0.25, -0.2) is 15.2 Å². The van der Waals surface area contributed by atoms with Crippen LogP contribution < -0.4 is 16.7 Å². The van der Waals surface area contributed by atoms with Crippen molar-refractivity contribution >= 4 is 40.1 Å². The van der Waals surface area contributed by atoms with E-state index in [1.54, 1.807) is 0 Å². The molecule has 0 saturated carbocycles. The number of fused-ring (bicyclic) bond motifs is 1. The van der Waals surface area contributed by atoms with Gasteiger partial charge in [-0.2, -0.15) is 5.10 Å². The molecule has 3 rings (SSSR count). The number of non-ortho nitro benzene ring substituents is 1. The Balaban J connectivity index is 2.14. The van der Waals surface area contributed by atoms with Gasteiger partial charge in [0, 0.05) is 17.2 Å². The number of urea groups is 1. The highest BCUT2D eigenvalue weighted by atomic mass is 35.5. The van der Waals surface area contributed by atoms with Gasteiger partial charge in [0.1, 0.15) is 11.8 Å². The monoisotopic (exact) mass is 416 g/mol. The summed E-state index contributed by atoms with van der Waals surface area (Å²) >= 11 is 5.84. The molecule has 0 aliphatic heterocycles. The van der Waals surface area contributed by atoms with Crippen LogP contribution in [0.2, 0.25) is 5.02 Å². The molecule has 0 bridgehead atoms. The van der Waals surface area contributed by atoms with Crippen molar-refractivity contribution < 1.29 is 14.8 Å².